The number of amides is 1. The lowest BCUT2D eigenvalue weighted by Crippen LogP contribution is -2.29. The highest BCUT2D eigenvalue weighted by Gasteiger charge is 2.09. The molecular weight excluding hydrogens is 226 g/mol. The largest absolute Gasteiger partial charge is 0.508 e. The van der Waals surface area contributed by atoms with Crippen LogP contribution in [-0.4, -0.2) is 17.6 Å². The predicted molar refractivity (Wildman–Crippen MR) is 72.2 cm³/mol. The molecule has 3 heteroatoms. The number of benzene rings is 1. The molecule has 0 aliphatic heterocycles. The first-order valence-corrected chi connectivity index (χ1v) is 5.79. The van der Waals surface area contributed by atoms with E-state index in [1.165, 1.54) is 12.1 Å². The number of rotatable bonds is 6. The van der Waals surface area contributed by atoms with Gasteiger partial charge in [0, 0.05) is 18.5 Å². The third kappa shape index (κ3) is 4.34. The Morgan fingerprint density at radius 1 is 1.50 bits per heavy atom. The lowest BCUT2D eigenvalue weighted by molar-refractivity contribution is 0.0947. The van der Waals surface area contributed by atoms with Crippen LogP contribution in [-0.2, 0) is 0 Å². The zero-order valence-corrected chi connectivity index (χ0v) is 10.2. The van der Waals surface area contributed by atoms with Gasteiger partial charge >= 0.3 is 0 Å². The predicted octanol–water partition coefficient (Wildman–Crippen LogP) is 2.34. The van der Waals surface area contributed by atoms with Gasteiger partial charge < -0.3 is 10.4 Å². The number of terminal acetylenes is 1. The van der Waals surface area contributed by atoms with E-state index in [-0.39, 0.29) is 17.6 Å². The lowest BCUT2D eigenvalue weighted by atomic mass is 10.0. The zero-order valence-electron chi connectivity index (χ0n) is 10.2. The van der Waals surface area contributed by atoms with Crippen LogP contribution in [0.4, 0.5) is 0 Å². The van der Waals surface area contributed by atoms with Crippen molar-refractivity contribution in [2.45, 2.75) is 12.8 Å². The van der Waals surface area contributed by atoms with E-state index < -0.39 is 0 Å². The van der Waals surface area contributed by atoms with E-state index in [0.29, 0.717) is 18.5 Å². The van der Waals surface area contributed by atoms with Crippen LogP contribution >= 0.6 is 0 Å². The normalized spacial score (nSPS) is 11.3. The minimum atomic E-state index is -0.166. The molecule has 94 valence electrons. The van der Waals surface area contributed by atoms with E-state index in [4.69, 9.17) is 11.5 Å². The third-order valence-electron chi connectivity index (χ3n) is 2.59. The van der Waals surface area contributed by atoms with Crippen molar-refractivity contribution in [1.82, 2.24) is 5.32 Å². The number of carbonyl (C=O) groups excluding carboxylic acids is 1. The molecule has 0 heterocycles. The second-order valence-electron chi connectivity index (χ2n) is 4.06. The third-order valence-corrected chi connectivity index (χ3v) is 2.59. The second-order valence-corrected chi connectivity index (χ2v) is 4.06. The number of hydrogen-bond donors (Lipinski definition) is 2. The number of aromatic hydroxyl groups is 1. The lowest BCUT2D eigenvalue weighted by Gasteiger charge is -2.13. The van der Waals surface area contributed by atoms with Crippen molar-refractivity contribution in [3.63, 3.8) is 0 Å². The van der Waals surface area contributed by atoms with Crippen LogP contribution in [0.25, 0.3) is 0 Å². The van der Waals surface area contributed by atoms with E-state index in [9.17, 15) is 4.79 Å². The van der Waals surface area contributed by atoms with Gasteiger partial charge in [-0.3, -0.25) is 4.79 Å². The van der Waals surface area contributed by atoms with E-state index in [1.54, 1.807) is 18.2 Å². The topological polar surface area (TPSA) is 49.3 Å². The van der Waals surface area contributed by atoms with Crippen LogP contribution in [0, 0.1) is 18.3 Å². The fourth-order valence-electron chi connectivity index (χ4n) is 1.59. The summed E-state index contributed by atoms with van der Waals surface area (Å²) >= 11 is 0. The molecule has 1 aromatic carbocycles. The molecule has 0 bridgehead atoms. The molecule has 3 nitrogen and oxygen atoms in total. The summed E-state index contributed by atoms with van der Waals surface area (Å²) in [6, 6.07) is 6.12. The molecule has 0 radical (unpaired) electrons. The van der Waals surface area contributed by atoms with Gasteiger partial charge in [-0.25, -0.2) is 0 Å². The van der Waals surface area contributed by atoms with E-state index in [1.807, 2.05) is 0 Å². The first kappa shape index (κ1) is 13.9. The Hall–Kier alpha value is -2.21. The van der Waals surface area contributed by atoms with Gasteiger partial charge in [-0.05, 0) is 36.6 Å². The number of nitrogens with one attached hydrogen (secondary N) is 1. The summed E-state index contributed by atoms with van der Waals surface area (Å²) in [6.45, 7) is 4.19. The first-order valence-electron chi connectivity index (χ1n) is 5.79. The number of allylic oxidation sites excluding steroid dienone is 1. The molecule has 18 heavy (non-hydrogen) atoms. The second kappa shape index (κ2) is 7.18. The fourth-order valence-corrected chi connectivity index (χ4v) is 1.59. The van der Waals surface area contributed by atoms with Crippen molar-refractivity contribution in [3.05, 3.63) is 42.5 Å². The van der Waals surface area contributed by atoms with E-state index in [2.05, 4.69) is 17.8 Å². The zero-order chi connectivity index (χ0) is 13.4. The number of phenols is 1. The summed E-state index contributed by atoms with van der Waals surface area (Å²) < 4.78 is 0. The van der Waals surface area contributed by atoms with Crippen molar-refractivity contribution in [2.75, 3.05) is 6.54 Å². The smallest absolute Gasteiger partial charge is 0.251 e. The molecule has 1 atom stereocenters. The minimum absolute atomic E-state index is 0.142. The highest BCUT2D eigenvalue weighted by molar-refractivity contribution is 5.94. The van der Waals surface area contributed by atoms with Crippen molar-refractivity contribution in [1.29, 1.82) is 0 Å². The van der Waals surface area contributed by atoms with Gasteiger partial charge in [0.15, 0.2) is 0 Å². The molecule has 0 fully saturated rings. The molecule has 1 aromatic rings. The van der Waals surface area contributed by atoms with Crippen LogP contribution < -0.4 is 5.32 Å². The van der Waals surface area contributed by atoms with Gasteiger partial charge in [-0.15, -0.1) is 18.9 Å². The average Bonchev–Trinajstić information content (AvgIpc) is 2.37. The molecule has 0 spiro atoms. The summed E-state index contributed by atoms with van der Waals surface area (Å²) in [6.07, 6.45) is 8.46. The molecule has 0 saturated carbocycles. The Morgan fingerprint density at radius 2 is 2.17 bits per heavy atom. The fraction of sp³-hybridized carbons (Fsp3) is 0.267. The average molecular weight is 243 g/mol. The molecule has 0 aliphatic carbocycles. The Balaban J connectivity index is 2.51. The summed E-state index contributed by atoms with van der Waals surface area (Å²) in [4.78, 5) is 11.8. The molecule has 1 unspecified atom stereocenters. The van der Waals surface area contributed by atoms with Crippen molar-refractivity contribution >= 4 is 5.91 Å². The molecule has 2 N–H and O–H groups in total. The molecular formula is C15H17NO2. The Bertz CT molecular complexity index is 443. The van der Waals surface area contributed by atoms with Gasteiger partial charge in [0.1, 0.15) is 5.75 Å². The van der Waals surface area contributed by atoms with Crippen molar-refractivity contribution < 1.29 is 9.90 Å². The van der Waals surface area contributed by atoms with Crippen LogP contribution in [0.5, 0.6) is 5.75 Å². The van der Waals surface area contributed by atoms with Crippen LogP contribution in [0.1, 0.15) is 23.2 Å². The highest BCUT2D eigenvalue weighted by Crippen LogP contribution is 2.10. The van der Waals surface area contributed by atoms with Gasteiger partial charge in [0.2, 0.25) is 0 Å². The van der Waals surface area contributed by atoms with E-state index >= 15 is 0 Å². The van der Waals surface area contributed by atoms with Gasteiger partial charge in [-0.1, -0.05) is 6.08 Å². The maximum Gasteiger partial charge on any atom is 0.251 e. The maximum atomic E-state index is 11.8. The minimum Gasteiger partial charge on any atom is -0.508 e. The Kier molecular flexibility index (Phi) is 5.53. The van der Waals surface area contributed by atoms with E-state index in [0.717, 1.165) is 6.42 Å². The molecule has 0 aliphatic rings. The molecule has 1 amide bonds. The van der Waals surface area contributed by atoms with Gasteiger partial charge in [-0.2, -0.15) is 0 Å². The Morgan fingerprint density at radius 3 is 2.72 bits per heavy atom. The monoisotopic (exact) mass is 243 g/mol. The Labute approximate surface area is 108 Å². The van der Waals surface area contributed by atoms with Gasteiger partial charge in [0.25, 0.3) is 5.91 Å². The van der Waals surface area contributed by atoms with Crippen molar-refractivity contribution in [2.24, 2.45) is 5.92 Å². The number of phenolic OH excluding ortho intramolecular Hbond substituents is 1. The van der Waals surface area contributed by atoms with Crippen LogP contribution in [0.2, 0.25) is 0 Å². The summed E-state index contributed by atoms with van der Waals surface area (Å²) in [5, 5.41) is 12.0. The maximum absolute atomic E-state index is 11.8. The van der Waals surface area contributed by atoms with Crippen LogP contribution in [0.3, 0.4) is 0 Å². The highest BCUT2D eigenvalue weighted by atomic mass is 16.3. The molecule has 0 aromatic heterocycles. The number of carbonyl (C=O) groups is 1. The standard InChI is InChI=1S/C15H17NO2/c1-3-5-12(6-4-2)11-16-15(18)13-7-9-14(17)10-8-13/h1,4,7-10,12,17H,2,5-6,11H2,(H,16,18). The van der Waals surface area contributed by atoms with Crippen LogP contribution in [0.15, 0.2) is 36.9 Å². The summed E-state index contributed by atoms with van der Waals surface area (Å²) in [5.74, 6) is 2.78. The summed E-state index contributed by atoms with van der Waals surface area (Å²) in [7, 11) is 0. The molecule has 0 saturated heterocycles. The van der Waals surface area contributed by atoms with Crippen molar-refractivity contribution in [3.8, 4) is 18.1 Å². The summed E-state index contributed by atoms with van der Waals surface area (Å²) in [5.41, 5.74) is 0.519. The SMILES string of the molecule is C#CCC(CC=C)CNC(=O)c1ccc(O)cc1. The van der Waals surface area contributed by atoms with Gasteiger partial charge in [0.05, 0.1) is 0 Å². The molecule has 1 rings (SSSR count). The first-order chi connectivity index (χ1) is 8.67. The number of hydrogen-bond acceptors (Lipinski definition) is 2. The quantitative estimate of drug-likeness (QED) is 0.595.